The SMILES string of the molecule is COCCC(NC(=O)Cc1ccc2c(c1)CCCC2)C(=O)O. The van der Waals surface area contributed by atoms with Crippen LogP contribution in [-0.4, -0.2) is 36.7 Å². The Labute approximate surface area is 130 Å². The molecule has 0 bridgehead atoms. The predicted molar refractivity (Wildman–Crippen MR) is 82.8 cm³/mol. The Kier molecular flexibility index (Phi) is 5.95. The maximum Gasteiger partial charge on any atom is 0.326 e. The third kappa shape index (κ3) is 4.56. The Morgan fingerprint density at radius 3 is 2.68 bits per heavy atom. The quantitative estimate of drug-likeness (QED) is 0.804. The molecule has 0 saturated carbocycles. The van der Waals surface area contributed by atoms with E-state index in [2.05, 4.69) is 17.4 Å². The maximum absolute atomic E-state index is 12.0. The number of benzene rings is 1. The molecule has 1 aromatic carbocycles. The van der Waals surface area contributed by atoms with Crippen molar-refractivity contribution in [1.29, 1.82) is 0 Å². The van der Waals surface area contributed by atoms with E-state index in [4.69, 9.17) is 9.84 Å². The molecule has 0 spiro atoms. The lowest BCUT2D eigenvalue weighted by atomic mass is 9.90. The second kappa shape index (κ2) is 7.94. The van der Waals surface area contributed by atoms with Crippen molar-refractivity contribution in [2.45, 2.75) is 44.6 Å². The number of fused-ring (bicyclic) bond motifs is 1. The Morgan fingerprint density at radius 2 is 2.00 bits per heavy atom. The minimum absolute atomic E-state index is 0.212. The molecule has 0 aromatic heterocycles. The molecule has 5 nitrogen and oxygen atoms in total. The molecule has 1 atom stereocenters. The summed E-state index contributed by atoms with van der Waals surface area (Å²) in [4.78, 5) is 23.2. The number of nitrogens with one attached hydrogen (secondary N) is 1. The van der Waals surface area contributed by atoms with Crippen LogP contribution < -0.4 is 5.32 Å². The van der Waals surface area contributed by atoms with Crippen LogP contribution in [0.2, 0.25) is 0 Å². The highest BCUT2D eigenvalue weighted by Gasteiger charge is 2.20. The monoisotopic (exact) mass is 305 g/mol. The summed E-state index contributed by atoms with van der Waals surface area (Å²) in [5.41, 5.74) is 3.64. The molecule has 0 saturated heterocycles. The number of carbonyl (C=O) groups is 2. The van der Waals surface area contributed by atoms with Gasteiger partial charge in [-0.05, 0) is 42.4 Å². The lowest BCUT2D eigenvalue weighted by Crippen LogP contribution is -2.42. The summed E-state index contributed by atoms with van der Waals surface area (Å²) in [6.07, 6.45) is 5.08. The molecule has 1 aliphatic rings. The van der Waals surface area contributed by atoms with E-state index in [0.29, 0.717) is 6.61 Å². The van der Waals surface area contributed by atoms with E-state index in [1.54, 1.807) is 0 Å². The van der Waals surface area contributed by atoms with Crippen molar-refractivity contribution >= 4 is 11.9 Å². The topological polar surface area (TPSA) is 75.6 Å². The first-order valence-corrected chi connectivity index (χ1v) is 7.72. The van der Waals surface area contributed by atoms with Crippen LogP contribution >= 0.6 is 0 Å². The number of carboxylic acid groups (broad SMARTS) is 1. The number of aryl methyl sites for hydroxylation is 2. The zero-order valence-electron chi connectivity index (χ0n) is 12.9. The largest absolute Gasteiger partial charge is 0.480 e. The van der Waals surface area contributed by atoms with Crippen LogP contribution in [0.5, 0.6) is 0 Å². The molecular weight excluding hydrogens is 282 g/mol. The highest BCUT2D eigenvalue weighted by Crippen LogP contribution is 2.22. The van der Waals surface area contributed by atoms with Gasteiger partial charge in [0.15, 0.2) is 0 Å². The van der Waals surface area contributed by atoms with Gasteiger partial charge in [0.25, 0.3) is 0 Å². The number of rotatable bonds is 7. The smallest absolute Gasteiger partial charge is 0.326 e. The van der Waals surface area contributed by atoms with Gasteiger partial charge in [-0.1, -0.05) is 18.2 Å². The van der Waals surface area contributed by atoms with Gasteiger partial charge >= 0.3 is 5.97 Å². The van der Waals surface area contributed by atoms with Crippen molar-refractivity contribution < 1.29 is 19.4 Å². The predicted octanol–water partition coefficient (Wildman–Crippen LogP) is 1.71. The van der Waals surface area contributed by atoms with Gasteiger partial charge in [0.1, 0.15) is 6.04 Å². The van der Waals surface area contributed by atoms with Gasteiger partial charge in [-0.3, -0.25) is 4.79 Å². The second-order valence-corrected chi connectivity index (χ2v) is 5.73. The van der Waals surface area contributed by atoms with Crippen LogP contribution in [0.4, 0.5) is 0 Å². The van der Waals surface area contributed by atoms with Crippen molar-refractivity contribution in [2.24, 2.45) is 0 Å². The van der Waals surface area contributed by atoms with E-state index in [1.807, 2.05) is 6.07 Å². The number of ether oxygens (including phenoxy) is 1. The van der Waals surface area contributed by atoms with Crippen molar-refractivity contribution in [2.75, 3.05) is 13.7 Å². The molecule has 0 heterocycles. The van der Waals surface area contributed by atoms with Crippen LogP contribution in [0, 0.1) is 0 Å². The van der Waals surface area contributed by atoms with Crippen LogP contribution in [0.25, 0.3) is 0 Å². The summed E-state index contributed by atoms with van der Waals surface area (Å²) in [5, 5.41) is 11.7. The molecule has 22 heavy (non-hydrogen) atoms. The van der Waals surface area contributed by atoms with Crippen molar-refractivity contribution in [3.63, 3.8) is 0 Å². The minimum Gasteiger partial charge on any atom is -0.480 e. The molecule has 0 radical (unpaired) electrons. The molecule has 2 N–H and O–H groups in total. The Bertz CT molecular complexity index is 541. The third-order valence-corrected chi connectivity index (χ3v) is 4.02. The molecule has 5 heteroatoms. The number of aliphatic carboxylic acids is 1. The number of carbonyl (C=O) groups excluding carboxylic acids is 1. The van der Waals surface area contributed by atoms with E-state index < -0.39 is 12.0 Å². The number of methoxy groups -OCH3 is 1. The van der Waals surface area contributed by atoms with Gasteiger partial charge in [-0.2, -0.15) is 0 Å². The fourth-order valence-corrected chi connectivity index (χ4v) is 2.82. The normalized spacial score (nSPS) is 15.0. The summed E-state index contributed by atoms with van der Waals surface area (Å²) in [5.74, 6) is -1.30. The Balaban J connectivity index is 1.94. The fourth-order valence-electron chi connectivity index (χ4n) is 2.82. The van der Waals surface area contributed by atoms with Gasteiger partial charge in [0.2, 0.25) is 5.91 Å². The molecule has 1 aromatic rings. The highest BCUT2D eigenvalue weighted by atomic mass is 16.5. The minimum atomic E-state index is -1.03. The third-order valence-electron chi connectivity index (χ3n) is 4.02. The first kappa shape index (κ1) is 16.5. The number of hydrogen-bond donors (Lipinski definition) is 2. The Hall–Kier alpha value is -1.88. The summed E-state index contributed by atoms with van der Waals surface area (Å²) in [6, 6.07) is 5.25. The van der Waals surface area contributed by atoms with Gasteiger partial charge in [0.05, 0.1) is 6.42 Å². The molecule has 1 unspecified atom stereocenters. The van der Waals surface area contributed by atoms with Crippen molar-refractivity contribution in [3.8, 4) is 0 Å². The van der Waals surface area contributed by atoms with Gasteiger partial charge in [0, 0.05) is 20.1 Å². The zero-order chi connectivity index (χ0) is 15.9. The molecule has 0 aliphatic heterocycles. The molecule has 120 valence electrons. The first-order valence-electron chi connectivity index (χ1n) is 7.72. The van der Waals surface area contributed by atoms with E-state index >= 15 is 0 Å². The van der Waals surface area contributed by atoms with Gasteiger partial charge in [-0.25, -0.2) is 4.79 Å². The zero-order valence-corrected chi connectivity index (χ0v) is 12.9. The van der Waals surface area contributed by atoms with E-state index in [1.165, 1.54) is 31.1 Å². The molecule has 1 amide bonds. The second-order valence-electron chi connectivity index (χ2n) is 5.73. The lowest BCUT2D eigenvalue weighted by molar-refractivity contribution is -0.142. The highest BCUT2D eigenvalue weighted by molar-refractivity contribution is 5.84. The number of hydrogen-bond acceptors (Lipinski definition) is 3. The van der Waals surface area contributed by atoms with E-state index in [9.17, 15) is 9.59 Å². The van der Waals surface area contributed by atoms with Gasteiger partial charge in [-0.15, -0.1) is 0 Å². The molecule has 0 fully saturated rings. The molecule has 2 rings (SSSR count). The lowest BCUT2D eigenvalue weighted by Gasteiger charge is -2.17. The van der Waals surface area contributed by atoms with E-state index in [0.717, 1.165) is 18.4 Å². The molecular formula is C17H23NO4. The number of carboxylic acids is 1. The fraction of sp³-hybridized carbons (Fsp3) is 0.529. The summed E-state index contributed by atoms with van der Waals surface area (Å²) in [6.45, 7) is 0.302. The van der Waals surface area contributed by atoms with Crippen molar-refractivity contribution in [1.82, 2.24) is 5.32 Å². The van der Waals surface area contributed by atoms with Crippen molar-refractivity contribution in [3.05, 3.63) is 34.9 Å². The summed E-state index contributed by atoms with van der Waals surface area (Å²) >= 11 is 0. The number of amides is 1. The van der Waals surface area contributed by atoms with E-state index in [-0.39, 0.29) is 18.7 Å². The Morgan fingerprint density at radius 1 is 1.27 bits per heavy atom. The van der Waals surface area contributed by atoms with Crippen LogP contribution in [-0.2, 0) is 33.6 Å². The van der Waals surface area contributed by atoms with Crippen LogP contribution in [0.1, 0.15) is 36.0 Å². The summed E-state index contributed by atoms with van der Waals surface area (Å²) in [7, 11) is 1.51. The standard InChI is InChI=1S/C17H23NO4/c1-22-9-8-15(17(20)21)18-16(19)11-12-6-7-13-4-2-3-5-14(13)10-12/h6-7,10,15H,2-5,8-9,11H2,1H3,(H,18,19)(H,20,21). The van der Waals surface area contributed by atoms with Crippen LogP contribution in [0.3, 0.4) is 0 Å². The summed E-state index contributed by atoms with van der Waals surface area (Å²) < 4.78 is 4.87. The van der Waals surface area contributed by atoms with Crippen LogP contribution in [0.15, 0.2) is 18.2 Å². The first-order chi connectivity index (χ1) is 10.6. The van der Waals surface area contributed by atoms with Gasteiger partial charge < -0.3 is 15.2 Å². The average molecular weight is 305 g/mol. The average Bonchev–Trinajstić information content (AvgIpc) is 2.51. The maximum atomic E-state index is 12.0. The molecule has 1 aliphatic carbocycles.